The van der Waals surface area contributed by atoms with Gasteiger partial charge in [-0.15, -0.1) is 0 Å². The van der Waals surface area contributed by atoms with Crippen LogP contribution in [-0.4, -0.2) is 48.0 Å². The van der Waals surface area contributed by atoms with Crippen molar-refractivity contribution in [2.75, 3.05) is 33.4 Å². The predicted molar refractivity (Wildman–Crippen MR) is 58.9 cm³/mol. The molecule has 0 aromatic carbocycles. The first-order valence-corrected chi connectivity index (χ1v) is 5.51. The third kappa shape index (κ3) is 2.58. The van der Waals surface area contributed by atoms with Gasteiger partial charge in [-0.25, -0.2) is 0 Å². The van der Waals surface area contributed by atoms with E-state index in [0.29, 0.717) is 6.04 Å². The summed E-state index contributed by atoms with van der Waals surface area (Å²) in [4.78, 5) is 2.45. The van der Waals surface area contributed by atoms with Crippen molar-refractivity contribution >= 4 is 0 Å². The van der Waals surface area contributed by atoms with Crippen LogP contribution >= 0.6 is 0 Å². The van der Waals surface area contributed by atoms with Gasteiger partial charge < -0.3 is 4.74 Å². The van der Waals surface area contributed by atoms with E-state index in [1.54, 1.807) is 7.11 Å². The zero-order valence-electron chi connectivity index (χ0n) is 9.52. The molecule has 4 heteroatoms. The Morgan fingerprint density at radius 3 is 2.93 bits per heavy atom. The normalized spacial score (nSPS) is 18.0. The van der Waals surface area contributed by atoms with E-state index in [9.17, 15) is 0 Å². The van der Waals surface area contributed by atoms with Crippen molar-refractivity contribution in [3.05, 3.63) is 18.0 Å². The summed E-state index contributed by atoms with van der Waals surface area (Å²) in [7, 11) is 1.76. The summed E-state index contributed by atoms with van der Waals surface area (Å²) < 4.78 is 7.12. The first-order chi connectivity index (χ1) is 7.29. The number of hydrogen-bond acceptors (Lipinski definition) is 3. The van der Waals surface area contributed by atoms with Crippen molar-refractivity contribution in [2.24, 2.45) is 0 Å². The summed E-state index contributed by atoms with van der Waals surface area (Å²) in [5.41, 5.74) is 1.24. The average molecular weight is 209 g/mol. The maximum atomic E-state index is 5.03. The molecule has 1 saturated heterocycles. The van der Waals surface area contributed by atoms with E-state index in [-0.39, 0.29) is 0 Å². The Morgan fingerprint density at radius 1 is 1.53 bits per heavy atom. The Balaban J connectivity index is 1.69. The van der Waals surface area contributed by atoms with Gasteiger partial charge in [0.25, 0.3) is 0 Å². The zero-order chi connectivity index (χ0) is 10.7. The summed E-state index contributed by atoms with van der Waals surface area (Å²) in [5.74, 6) is 0. The van der Waals surface area contributed by atoms with Gasteiger partial charge in [-0.05, 0) is 18.9 Å². The SMILES string of the molecule is COCCCN1CC(n2cc(C)cn2)C1. The molecule has 1 aromatic rings. The Morgan fingerprint density at radius 2 is 2.33 bits per heavy atom. The minimum absolute atomic E-state index is 0.584. The van der Waals surface area contributed by atoms with Gasteiger partial charge in [0.2, 0.25) is 0 Å². The highest BCUT2D eigenvalue weighted by molar-refractivity contribution is 5.02. The Kier molecular flexibility index (Phi) is 3.38. The Bertz CT molecular complexity index is 305. The van der Waals surface area contributed by atoms with Crippen LogP contribution in [0.5, 0.6) is 0 Å². The highest BCUT2D eigenvalue weighted by Crippen LogP contribution is 2.20. The quantitative estimate of drug-likeness (QED) is 0.680. The monoisotopic (exact) mass is 209 g/mol. The molecule has 0 spiro atoms. The molecular weight excluding hydrogens is 190 g/mol. The fourth-order valence-electron chi connectivity index (χ4n) is 1.96. The largest absolute Gasteiger partial charge is 0.385 e. The van der Waals surface area contributed by atoms with E-state index in [2.05, 4.69) is 27.8 Å². The van der Waals surface area contributed by atoms with E-state index < -0.39 is 0 Å². The van der Waals surface area contributed by atoms with Crippen LogP contribution in [0.25, 0.3) is 0 Å². The molecule has 84 valence electrons. The van der Waals surface area contributed by atoms with Gasteiger partial charge in [-0.2, -0.15) is 5.10 Å². The zero-order valence-corrected chi connectivity index (χ0v) is 9.52. The van der Waals surface area contributed by atoms with E-state index >= 15 is 0 Å². The number of aryl methyl sites for hydroxylation is 1. The van der Waals surface area contributed by atoms with Crippen LogP contribution in [0, 0.1) is 6.92 Å². The van der Waals surface area contributed by atoms with Crippen LogP contribution in [0.4, 0.5) is 0 Å². The number of hydrogen-bond donors (Lipinski definition) is 0. The third-order valence-electron chi connectivity index (χ3n) is 2.87. The number of likely N-dealkylation sites (tertiary alicyclic amines) is 1. The molecule has 0 amide bonds. The smallest absolute Gasteiger partial charge is 0.0772 e. The molecule has 2 rings (SSSR count). The lowest BCUT2D eigenvalue weighted by Gasteiger charge is -2.39. The Labute approximate surface area is 90.8 Å². The number of aromatic nitrogens is 2. The molecule has 1 fully saturated rings. The molecule has 0 unspecified atom stereocenters. The van der Waals surface area contributed by atoms with Crippen molar-refractivity contribution in [1.29, 1.82) is 0 Å². The van der Waals surface area contributed by atoms with Crippen molar-refractivity contribution in [3.63, 3.8) is 0 Å². The van der Waals surface area contributed by atoms with Gasteiger partial charge in [0.05, 0.1) is 12.2 Å². The first-order valence-electron chi connectivity index (χ1n) is 5.51. The van der Waals surface area contributed by atoms with E-state index in [0.717, 1.165) is 32.7 Å². The summed E-state index contributed by atoms with van der Waals surface area (Å²) >= 11 is 0. The summed E-state index contributed by atoms with van der Waals surface area (Å²) in [5, 5.41) is 4.33. The molecular formula is C11H19N3O. The molecule has 0 bridgehead atoms. The lowest BCUT2D eigenvalue weighted by molar-refractivity contribution is 0.0845. The van der Waals surface area contributed by atoms with E-state index in [4.69, 9.17) is 4.74 Å². The number of rotatable bonds is 5. The fraction of sp³-hybridized carbons (Fsp3) is 0.727. The molecule has 2 heterocycles. The number of nitrogens with zero attached hydrogens (tertiary/aromatic N) is 3. The maximum absolute atomic E-state index is 5.03. The van der Waals surface area contributed by atoms with Gasteiger partial charge in [0.15, 0.2) is 0 Å². The van der Waals surface area contributed by atoms with Crippen LogP contribution in [0.2, 0.25) is 0 Å². The third-order valence-corrected chi connectivity index (χ3v) is 2.87. The summed E-state index contributed by atoms with van der Waals surface area (Å²) in [6.07, 6.45) is 5.17. The van der Waals surface area contributed by atoms with Gasteiger partial charge in [-0.1, -0.05) is 0 Å². The van der Waals surface area contributed by atoms with Crippen LogP contribution < -0.4 is 0 Å². The molecule has 15 heavy (non-hydrogen) atoms. The van der Waals surface area contributed by atoms with Gasteiger partial charge >= 0.3 is 0 Å². The van der Waals surface area contributed by atoms with Gasteiger partial charge in [0, 0.05) is 39.5 Å². The second-order valence-corrected chi connectivity index (χ2v) is 4.26. The minimum atomic E-state index is 0.584. The van der Waals surface area contributed by atoms with Crippen molar-refractivity contribution in [2.45, 2.75) is 19.4 Å². The van der Waals surface area contributed by atoms with Gasteiger partial charge in [-0.3, -0.25) is 9.58 Å². The molecule has 1 aliphatic heterocycles. The topological polar surface area (TPSA) is 30.3 Å². The minimum Gasteiger partial charge on any atom is -0.385 e. The second-order valence-electron chi connectivity index (χ2n) is 4.26. The van der Waals surface area contributed by atoms with Crippen molar-refractivity contribution in [3.8, 4) is 0 Å². The van der Waals surface area contributed by atoms with Crippen molar-refractivity contribution in [1.82, 2.24) is 14.7 Å². The summed E-state index contributed by atoms with van der Waals surface area (Å²) in [6.45, 7) is 6.35. The summed E-state index contributed by atoms with van der Waals surface area (Å²) in [6, 6.07) is 0.584. The van der Waals surface area contributed by atoms with Gasteiger partial charge in [0.1, 0.15) is 0 Å². The van der Waals surface area contributed by atoms with Crippen LogP contribution in [0.1, 0.15) is 18.0 Å². The highest BCUT2D eigenvalue weighted by Gasteiger charge is 2.27. The second kappa shape index (κ2) is 4.77. The number of methoxy groups -OCH3 is 1. The predicted octanol–water partition coefficient (Wildman–Crippen LogP) is 1.08. The molecule has 0 saturated carbocycles. The molecule has 1 aliphatic rings. The van der Waals surface area contributed by atoms with Crippen LogP contribution in [0.3, 0.4) is 0 Å². The van der Waals surface area contributed by atoms with E-state index in [1.807, 2.05) is 6.20 Å². The molecule has 0 aliphatic carbocycles. The molecule has 0 atom stereocenters. The lowest BCUT2D eigenvalue weighted by atomic mass is 10.1. The highest BCUT2D eigenvalue weighted by atomic mass is 16.5. The first kappa shape index (κ1) is 10.6. The van der Waals surface area contributed by atoms with Crippen LogP contribution in [-0.2, 0) is 4.74 Å². The van der Waals surface area contributed by atoms with Crippen molar-refractivity contribution < 1.29 is 4.74 Å². The standard InChI is InChI=1S/C11H19N3O/c1-10-6-12-14(7-10)11-8-13(9-11)4-3-5-15-2/h6-7,11H,3-5,8-9H2,1-2H3. The molecule has 0 N–H and O–H groups in total. The molecule has 1 aromatic heterocycles. The Hall–Kier alpha value is -0.870. The average Bonchev–Trinajstić information content (AvgIpc) is 2.56. The molecule has 0 radical (unpaired) electrons. The van der Waals surface area contributed by atoms with E-state index in [1.165, 1.54) is 5.56 Å². The fourth-order valence-corrected chi connectivity index (χ4v) is 1.96. The van der Waals surface area contributed by atoms with Crippen LogP contribution in [0.15, 0.2) is 12.4 Å². The lowest BCUT2D eigenvalue weighted by Crippen LogP contribution is -2.48. The maximum Gasteiger partial charge on any atom is 0.0772 e. The molecule has 4 nitrogen and oxygen atoms in total. The number of ether oxygens (including phenoxy) is 1.